The van der Waals surface area contributed by atoms with E-state index in [9.17, 15) is 18.5 Å². The van der Waals surface area contributed by atoms with Crippen LogP contribution in [0.4, 0.5) is 11.4 Å². The van der Waals surface area contributed by atoms with Gasteiger partial charge in [0, 0.05) is 64.1 Å². The average molecular weight is 448 g/mol. The smallest absolute Gasteiger partial charge is 0.270 e. The van der Waals surface area contributed by atoms with Gasteiger partial charge in [-0.3, -0.25) is 20.0 Å². The van der Waals surface area contributed by atoms with Crippen molar-refractivity contribution in [2.24, 2.45) is 0 Å². The zero-order valence-electron chi connectivity index (χ0n) is 17.1. The number of rotatable bonds is 6. The fourth-order valence-electron chi connectivity index (χ4n) is 3.88. The molecule has 0 atom stereocenters. The molecule has 31 heavy (non-hydrogen) atoms. The molecule has 166 valence electrons. The van der Waals surface area contributed by atoms with Crippen molar-refractivity contribution in [3.63, 3.8) is 0 Å². The van der Waals surface area contributed by atoms with Gasteiger partial charge in [-0.15, -0.1) is 0 Å². The van der Waals surface area contributed by atoms with Crippen molar-refractivity contribution in [1.29, 1.82) is 0 Å². The minimum atomic E-state index is -3.88. The summed E-state index contributed by atoms with van der Waals surface area (Å²) in [5.74, 6) is 0. The number of pyridine rings is 1. The Hall–Kier alpha value is -2.60. The number of sulfonamides is 1. The Morgan fingerprint density at radius 2 is 1.77 bits per heavy atom. The molecule has 0 aliphatic carbocycles. The van der Waals surface area contributed by atoms with E-state index in [0.717, 1.165) is 25.3 Å². The van der Waals surface area contributed by atoms with Crippen LogP contribution in [0.15, 0.2) is 47.5 Å². The van der Waals surface area contributed by atoms with Gasteiger partial charge in [0.15, 0.2) is 0 Å². The molecule has 2 fully saturated rings. The summed E-state index contributed by atoms with van der Waals surface area (Å²) >= 11 is 0. The highest BCUT2D eigenvalue weighted by Gasteiger charge is 2.32. The number of benzene rings is 1. The number of anilines is 1. The van der Waals surface area contributed by atoms with E-state index in [1.54, 1.807) is 12.3 Å². The van der Waals surface area contributed by atoms with Crippen LogP contribution in [-0.2, 0) is 21.3 Å². The maximum atomic E-state index is 13.3. The van der Waals surface area contributed by atoms with Gasteiger partial charge in [-0.1, -0.05) is 6.07 Å². The first kappa shape index (κ1) is 21.6. The number of morpholine rings is 1. The van der Waals surface area contributed by atoms with E-state index in [1.807, 2.05) is 23.1 Å². The van der Waals surface area contributed by atoms with Crippen molar-refractivity contribution in [2.45, 2.75) is 11.4 Å². The van der Waals surface area contributed by atoms with Gasteiger partial charge in [-0.05, 0) is 18.2 Å². The van der Waals surface area contributed by atoms with Crippen LogP contribution < -0.4 is 4.90 Å². The molecule has 4 rings (SSSR count). The fraction of sp³-hybridized carbons (Fsp3) is 0.450. The highest BCUT2D eigenvalue weighted by molar-refractivity contribution is 7.89. The largest absolute Gasteiger partial charge is 0.379 e. The third-order valence-electron chi connectivity index (χ3n) is 5.57. The molecule has 0 saturated carbocycles. The highest BCUT2D eigenvalue weighted by atomic mass is 32.2. The molecule has 0 amide bonds. The molecule has 0 bridgehead atoms. The fourth-order valence-corrected chi connectivity index (χ4v) is 5.52. The van der Waals surface area contributed by atoms with Crippen LogP contribution in [-0.4, -0.2) is 80.0 Å². The second kappa shape index (κ2) is 9.27. The van der Waals surface area contributed by atoms with Crippen LogP contribution in [0.2, 0.25) is 0 Å². The number of nitro benzene ring substituents is 1. The summed E-state index contributed by atoms with van der Waals surface area (Å²) < 4.78 is 33.3. The summed E-state index contributed by atoms with van der Waals surface area (Å²) in [7, 11) is -3.88. The number of nitrogens with zero attached hydrogens (tertiary/aromatic N) is 5. The standard InChI is InChI=1S/C20H25N5O5S/c26-25(27)18-4-5-19(20(15-18)31(28,29)24-11-13-30-14-12-24)23-9-7-22(8-10-23)16-17-3-1-2-6-21-17/h1-6,15H,7-14,16H2. The van der Waals surface area contributed by atoms with Crippen LogP contribution in [0.5, 0.6) is 0 Å². The molecule has 0 N–H and O–H groups in total. The van der Waals surface area contributed by atoms with Gasteiger partial charge in [0.05, 0.1) is 29.5 Å². The van der Waals surface area contributed by atoms with Gasteiger partial charge in [0.1, 0.15) is 4.90 Å². The van der Waals surface area contributed by atoms with Crippen molar-refractivity contribution >= 4 is 21.4 Å². The van der Waals surface area contributed by atoms with Gasteiger partial charge in [-0.2, -0.15) is 4.31 Å². The minimum absolute atomic E-state index is 0.0122. The van der Waals surface area contributed by atoms with Crippen LogP contribution in [0.1, 0.15) is 5.69 Å². The maximum Gasteiger partial charge on any atom is 0.270 e. The normalized spacial score (nSPS) is 18.8. The predicted octanol–water partition coefficient (Wildman–Crippen LogP) is 1.33. The Labute approximate surface area is 181 Å². The number of hydrogen-bond donors (Lipinski definition) is 0. The zero-order valence-corrected chi connectivity index (χ0v) is 17.9. The molecule has 2 saturated heterocycles. The number of nitro groups is 1. The second-order valence-electron chi connectivity index (χ2n) is 7.51. The van der Waals surface area contributed by atoms with Crippen molar-refractivity contribution in [2.75, 3.05) is 57.4 Å². The molecule has 0 radical (unpaired) electrons. The van der Waals surface area contributed by atoms with E-state index < -0.39 is 14.9 Å². The van der Waals surface area contributed by atoms with Gasteiger partial charge < -0.3 is 9.64 Å². The SMILES string of the molecule is O=[N+]([O-])c1ccc(N2CCN(Cc3ccccn3)CC2)c(S(=O)(=O)N2CCOCC2)c1. The van der Waals surface area contributed by atoms with E-state index >= 15 is 0 Å². The first-order chi connectivity index (χ1) is 14.9. The summed E-state index contributed by atoms with van der Waals surface area (Å²) in [5.41, 5.74) is 1.26. The average Bonchev–Trinajstić information content (AvgIpc) is 2.80. The number of piperazine rings is 1. The number of ether oxygens (including phenoxy) is 1. The lowest BCUT2D eigenvalue weighted by Gasteiger charge is -2.37. The first-order valence-electron chi connectivity index (χ1n) is 10.2. The number of aromatic nitrogens is 1. The van der Waals surface area contributed by atoms with E-state index in [2.05, 4.69) is 9.88 Å². The van der Waals surface area contributed by atoms with Crippen LogP contribution in [0, 0.1) is 10.1 Å². The maximum absolute atomic E-state index is 13.3. The summed E-state index contributed by atoms with van der Waals surface area (Å²) in [6.45, 7) is 4.56. The van der Waals surface area contributed by atoms with Crippen LogP contribution >= 0.6 is 0 Å². The molecule has 11 heteroatoms. The Kier molecular flexibility index (Phi) is 6.46. The van der Waals surface area contributed by atoms with Gasteiger partial charge in [-0.25, -0.2) is 8.42 Å². The Balaban J connectivity index is 1.56. The van der Waals surface area contributed by atoms with Gasteiger partial charge in [0.2, 0.25) is 10.0 Å². The summed E-state index contributed by atoms with van der Waals surface area (Å²) in [5, 5.41) is 11.3. The monoisotopic (exact) mass is 447 g/mol. The summed E-state index contributed by atoms with van der Waals surface area (Å²) in [4.78, 5) is 19.4. The summed E-state index contributed by atoms with van der Waals surface area (Å²) in [6.07, 6.45) is 1.77. The molecule has 2 aliphatic rings. The van der Waals surface area contributed by atoms with Crippen molar-refractivity contribution in [1.82, 2.24) is 14.2 Å². The molecule has 2 aromatic rings. The minimum Gasteiger partial charge on any atom is -0.379 e. The Morgan fingerprint density at radius 1 is 1.03 bits per heavy atom. The zero-order chi connectivity index (χ0) is 21.8. The number of hydrogen-bond acceptors (Lipinski definition) is 8. The first-order valence-corrected chi connectivity index (χ1v) is 11.6. The van der Waals surface area contributed by atoms with Gasteiger partial charge in [0.25, 0.3) is 5.69 Å². The molecule has 3 heterocycles. The van der Waals surface area contributed by atoms with Crippen molar-refractivity contribution < 1.29 is 18.1 Å². The molecule has 10 nitrogen and oxygen atoms in total. The molecule has 1 aromatic heterocycles. The van der Waals surface area contributed by atoms with Crippen molar-refractivity contribution in [3.8, 4) is 0 Å². The van der Waals surface area contributed by atoms with E-state index in [1.165, 1.54) is 16.4 Å². The van der Waals surface area contributed by atoms with Crippen molar-refractivity contribution in [3.05, 3.63) is 58.4 Å². The Bertz CT molecular complexity index is 1020. The van der Waals surface area contributed by atoms with Gasteiger partial charge >= 0.3 is 0 Å². The quantitative estimate of drug-likeness (QED) is 0.482. The highest BCUT2D eigenvalue weighted by Crippen LogP contribution is 2.32. The summed E-state index contributed by atoms with van der Waals surface area (Å²) in [6, 6.07) is 9.93. The van der Waals surface area contributed by atoms with E-state index in [-0.39, 0.29) is 23.7 Å². The third-order valence-corrected chi connectivity index (χ3v) is 7.49. The second-order valence-corrected chi connectivity index (χ2v) is 9.42. The predicted molar refractivity (Wildman–Crippen MR) is 114 cm³/mol. The van der Waals surface area contributed by atoms with Crippen LogP contribution in [0.3, 0.4) is 0 Å². The lowest BCUT2D eigenvalue weighted by Crippen LogP contribution is -2.47. The molecule has 2 aliphatic heterocycles. The molecular weight excluding hydrogens is 422 g/mol. The molecule has 0 spiro atoms. The topological polar surface area (TPSA) is 109 Å². The third kappa shape index (κ3) is 4.85. The molecular formula is C20H25N5O5S. The Morgan fingerprint density at radius 3 is 2.42 bits per heavy atom. The lowest BCUT2D eigenvalue weighted by atomic mass is 10.2. The number of non-ortho nitro benzene ring substituents is 1. The lowest BCUT2D eigenvalue weighted by molar-refractivity contribution is -0.385. The van der Waals surface area contributed by atoms with Crippen LogP contribution in [0.25, 0.3) is 0 Å². The molecule has 1 aromatic carbocycles. The molecule has 0 unspecified atom stereocenters. The van der Waals surface area contributed by atoms with E-state index in [0.29, 0.717) is 32.0 Å². The van der Waals surface area contributed by atoms with E-state index in [4.69, 9.17) is 4.74 Å².